The Kier molecular flexibility index (Phi) is 6.95. The minimum absolute atomic E-state index is 0.250. The number of rotatable bonds is 4. The smallest absolute Gasteiger partial charge is 0.290 e. The predicted octanol–water partition coefficient (Wildman–Crippen LogP) is 5.34. The van der Waals surface area contributed by atoms with E-state index in [0.29, 0.717) is 0 Å². The van der Waals surface area contributed by atoms with E-state index in [1.807, 2.05) is 18.2 Å². The highest BCUT2D eigenvalue weighted by atomic mass is 35.5. The molecule has 0 saturated heterocycles. The molecule has 0 fully saturated rings. The molecular formula is C22H23Cl2NO2. The van der Waals surface area contributed by atoms with Crippen molar-refractivity contribution in [2.75, 3.05) is 19.6 Å². The van der Waals surface area contributed by atoms with Crippen LogP contribution in [0.1, 0.15) is 29.5 Å². The molecule has 0 amide bonds. The maximum Gasteiger partial charge on any atom is 0.290 e. The summed E-state index contributed by atoms with van der Waals surface area (Å²) in [6, 6.07) is 14.6. The van der Waals surface area contributed by atoms with Gasteiger partial charge in [-0.05, 0) is 84.3 Å². The van der Waals surface area contributed by atoms with Gasteiger partial charge in [-0.2, -0.15) is 0 Å². The molecule has 2 aliphatic rings. The van der Waals surface area contributed by atoms with Gasteiger partial charge in [-0.15, -0.1) is 0 Å². The largest absolute Gasteiger partial charge is 0.483 e. The zero-order valence-corrected chi connectivity index (χ0v) is 16.6. The van der Waals surface area contributed by atoms with Crippen LogP contribution >= 0.6 is 23.2 Å². The van der Waals surface area contributed by atoms with Crippen LogP contribution in [0.15, 0.2) is 48.0 Å². The normalized spacial score (nSPS) is 15.6. The Hall–Kier alpha value is -1.81. The first kappa shape index (κ1) is 19.9. The molecule has 1 aliphatic carbocycles. The van der Waals surface area contributed by atoms with E-state index in [4.69, 9.17) is 33.1 Å². The number of nitrogens with zero attached hydrogens (tertiary/aromatic N) is 1. The van der Waals surface area contributed by atoms with Crippen molar-refractivity contribution in [1.29, 1.82) is 0 Å². The quantitative estimate of drug-likeness (QED) is 0.699. The molecule has 1 N–H and O–H groups in total. The van der Waals surface area contributed by atoms with E-state index in [9.17, 15) is 0 Å². The lowest BCUT2D eigenvalue weighted by molar-refractivity contribution is -0.122. The van der Waals surface area contributed by atoms with E-state index in [-0.39, 0.29) is 6.47 Å². The summed E-state index contributed by atoms with van der Waals surface area (Å²) >= 11 is 12.1. The number of hydrogen-bond donors (Lipinski definition) is 1. The molecule has 2 aromatic carbocycles. The van der Waals surface area contributed by atoms with Gasteiger partial charge in [0.1, 0.15) is 0 Å². The van der Waals surface area contributed by atoms with E-state index in [1.54, 1.807) is 11.1 Å². The fourth-order valence-corrected chi connectivity index (χ4v) is 4.24. The third-order valence-electron chi connectivity index (χ3n) is 5.17. The Morgan fingerprint density at radius 3 is 2.52 bits per heavy atom. The molecule has 0 saturated carbocycles. The maximum atomic E-state index is 8.36. The highest BCUT2D eigenvalue weighted by Gasteiger charge is 2.26. The number of carbonyl (C=O) groups is 1. The van der Waals surface area contributed by atoms with Crippen LogP contribution in [0.2, 0.25) is 10.0 Å². The SMILES string of the molecule is Clc1ccc(CCCN2CCC3=C(Cc4ccc(Cl)cc43)C2)cc1.O=CO. The summed E-state index contributed by atoms with van der Waals surface area (Å²) in [5.74, 6) is 0. The Morgan fingerprint density at radius 2 is 1.78 bits per heavy atom. The lowest BCUT2D eigenvalue weighted by Crippen LogP contribution is -2.32. The van der Waals surface area contributed by atoms with Crippen molar-refractivity contribution in [1.82, 2.24) is 4.90 Å². The van der Waals surface area contributed by atoms with Crippen LogP contribution in [0.5, 0.6) is 0 Å². The van der Waals surface area contributed by atoms with E-state index >= 15 is 0 Å². The lowest BCUT2D eigenvalue weighted by atomic mass is 9.99. The Balaban J connectivity index is 0.000000659. The first-order valence-corrected chi connectivity index (χ1v) is 9.90. The Morgan fingerprint density at radius 1 is 1.07 bits per heavy atom. The van der Waals surface area contributed by atoms with Crippen molar-refractivity contribution in [2.24, 2.45) is 0 Å². The van der Waals surface area contributed by atoms with Crippen LogP contribution in [0.25, 0.3) is 5.57 Å². The first-order valence-electron chi connectivity index (χ1n) is 9.15. The van der Waals surface area contributed by atoms with E-state index in [1.165, 1.54) is 23.1 Å². The van der Waals surface area contributed by atoms with Gasteiger partial charge in [0.25, 0.3) is 6.47 Å². The lowest BCUT2D eigenvalue weighted by Gasteiger charge is -2.28. The van der Waals surface area contributed by atoms with Crippen LogP contribution in [-0.4, -0.2) is 36.1 Å². The van der Waals surface area contributed by atoms with E-state index in [0.717, 1.165) is 48.9 Å². The fraction of sp³-hybridized carbons (Fsp3) is 0.318. The van der Waals surface area contributed by atoms with Gasteiger partial charge in [0, 0.05) is 23.1 Å². The van der Waals surface area contributed by atoms with Crippen LogP contribution in [0.3, 0.4) is 0 Å². The summed E-state index contributed by atoms with van der Waals surface area (Å²) in [4.78, 5) is 11.0. The first-order chi connectivity index (χ1) is 13.1. The van der Waals surface area contributed by atoms with Gasteiger partial charge in [-0.25, -0.2) is 0 Å². The van der Waals surface area contributed by atoms with Gasteiger partial charge in [-0.3, -0.25) is 9.69 Å². The van der Waals surface area contributed by atoms with E-state index < -0.39 is 0 Å². The molecule has 1 aliphatic heterocycles. The number of benzene rings is 2. The zero-order valence-electron chi connectivity index (χ0n) is 15.1. The second-order valence-electron chi connectivity index (χ2n) is 6.92. The molecule has 1 heterocycles. The van der Waals surface area contributed by atoms with Crippen molar-refractivity contribution < 1.29 is 9.90 Å². The molecule has 0 aromatic heterocycles. The molecule has 27 heavy (non-hydrogen) atoms. The van der Waals surface area contributed by atoms with Gasteiger partial charge >= 0.3 is 0 Å². The molecule has 0 bridgehead atoms. The second kappa shape index (κ2) is 9.41. The molecule has 4 rings (SSSR count). The Labute approximate surface area is 170 Å². The number of halogens is 2. The molecule has 0 spiro atoms. The minimum Gasteiger partial charge on any atom is -0.483 e. The third kappa shape index (κ3) is 5.13. The van der Waals surface area contributed by atoms with Gasteiger partial charge in [-0.1, -0.05) is 41.4 Å². The van der Waals surface area contributed by atoms with Crippen molar-refractivity contribution in [3.8, 4) is 0 Å². The molecular weight excluding hydrogens is 381 g/mol. The van der Waals surface area contributed by atoms with Crippen molar-refractivity contribution in [3.05, 3.63) is 74.8 Å². The molecule has 0 atom stereocenters. The number of carboxylic acid groups (broad SMARTS) is 1. The summed E-state index contributed by atoms with van der Waals surface area (Å²) in [5.41, 5.74) is 7.39. The maximum absolute atomic E-state index is 8.36. The Bertz CT molecular complexity index is 831. The highest BCUT2D eigenvalue weighted by Crippen LogP contribution is 2.39. The highest BCUT2D eigenvalue weighted by molar-refractivity contribution is 6.31. The third-order valence-corrected chi connectivity index (χ3v) is 5.66. The van der Waals surface area contributed by atoms with Gasteiger partial charge < -0.3 is 5.11 Å². The van der Waals surface area contributed by atoms with Gasteiger partial charge in [0.05, 0.1) is 0 Å². The van der Waals surface area contributed by atoms with E-state index in [2.05, 4.69) is 29.2 Å². The van der Waals surface area contributed by atoms with Gasteiger partial charge in [0.2, 0.25) is 0 Å². The number of aryl methyl sites for hydroxylation is 1. The fourth-order valence-electron chi connectivity index (χ4n) is 3.94. The average molecular weight is 404 g/mol. The molecule has 3 nitrogen and oxygen atoms in total. The van der Waals surface area contributed by atoms with Crippen LogP contribution in [-0.2, 0) is 17.6 Å². The van der Waals surface area contributed by atoms with Crippen LogP contribution in [0, 0.1) is 0 Å². The van der Waals surface area contributed by atoms with Crippen LogP contribution < -0.4 is 0 Å². The summed E-state index contributed by atoms with van der Waals surface area (Å²) < 4.78 is 0. The zero-order chi connectivity index (χ0) is 19.2. The van der Waals surface area contributed by atoms with Crippen molar-refractivity contribution in [3.63, 3.8) is 0 Å². The van der Waals surface area contributed by atoms with Gasteiger partial charge in [0.15, 0.2) is 0 Å². The summed E-state index contributed by atoms with van der Waals surface area (Å²) in [7, 11) is 0. The van der Waals surface area contributed by atoms with Crippen molar-refractivity contribution >= 4 is 35.2 Å². The minimum atomic E-state index is -0.250. The second-order valence-corrected chi connectivity index (χ2v) is 7.79. The topological polar surface area (TPSA) is 40.5 Å². The molecule has 2 aromatic rings. The molecule has 0 radical (unpaired) electrons. The standard InChI is InChI=1S/C21H21Cl2N.CH2O2/c22-18-6-3-15(4-7-18)2-1-10-24-11-9-20-17(14-24)12-16-5-8-19(23)13-21(16)20;2-1-3/h3-8,13H,1-2,9-12,14H2;1H,(H,2,3). The summed E-state index contributed by atoms with van der Waals surface area (Å²) in [5, 5.41) is 8.56. The molecule has 5 heteroatoms. The molecule has 142 valence electrons. The van der Waals surface area contributed by atoms with Crippen molar-refractivity contribution in [2.45, 2.75) is 25.7 Å². The number of fused-ring (bicyclic) bond motifs is 2. The average Bonchev–Trinajstić information content (AvgIpc) is 3.01. The predicted molar refractivity (Wildman–Crippen MR) is 112 cm³/mol. The van der Waals surface area contributed by atoms with Crippen LogP contribution in [0.4, 0.5) is 0 Å². The monoisotopic (exact) mass is 403 g/mol. The summed E-state index contributed by atoms with van der Waals surface area (Å²) in [6.07, 6.45) is 4.58. The molecule has 0 unspecified atom stereocenters. The summed E-state index contributed by atoms with van der Waals surface area (Å²) in [6.45, 7) is 3.18. The number of hydrogen-bond acceptors (Lipinski definition) is 2.